The van der Waals surface area contributed by atoms with E-state index in [1.54, 1.807) is 0 Å². The summed E-state index contributed by atoms with van der Waals surface area (Å²) in [5.74, 6) is -0.0692. The molecule has 0 aromatic heterocycles. The molecule has 7 nitrogen and oxygen atoms in total. The van der Waals surface area contributed by atoms with Gasteiger partial charge in [0.15, 0.2) is 0 Å². The van der Waals surface area contributed by atoms with E-state index < -0.39 is 10.0 Å². The van der Waals surface area contributed by atoms with Gasteiger partial charge in [0.25, 0.3) is 0 Å². The first-order valence-corrected chi connectivity index (χ1v) is 8.10. The second-order valence-corrected chi connectivity index (χ2v) is 7.29. The highest BCUT2D eigenvalue weighted by atomic mass is 32.2. The number of oxime groups is 1. The van der Waals surface area contributed by atoms with Crippen LogP contribution in [0.3, 0.4) is 0 Å². The normalized spacial score (nSPS) is 28.4. The van der Waals surface area contributed by atoms with E-state index in [-0.39, 0.29) is 17.0 Å². The second kappa shape index (κ2) is 6.06. The van der Waals surface area contributed by atoms with Crippen LogP contribution in [-0.4, -0.2) is 55.3 Å². The summed E-state index contributed by atoms with van der Waals surface area (Å²) in [6.45, 7) is 1.84. The van der Waals surface area contributed by atoms with Crippen LogP contribution >= 0.6 is 0 Å². The van der Waals surface area contributed by atoms with E-state index in [0.29, 0.717) is 39.1 Å². The number of hydrogen-bond acceptors (Lipinski definition) is 5. The van der Waals surface area contributed by atoms with Crippen LogP contribution in [0.1, 0.15) is 25.7 Å². The summed E-state index contributed by atoms with van der Waals surface area (Å²) in [4.78, 5) is 0. The molecule has 110 valence electrons. The van der Waals surface area contributed by atoms with Crippen molar-refractivity contribution in [2.75, 3.05) is 26.3 Å². The molecular weight excluding hydrogens is 270 g/mol. The van der Waals surface area contributed by atoms with Gasteiger partial charge < -0.3 is 15.7 Å². The van der Waals surface area contributed by atoms with Crippen molar-refractivity contribution in [1.82, 2.24) is 4.31 Å². The zero-order chi connectivity index (χ0) is 13.9. The van der Waals surface area contributed by atoms with Crippen molar-refractivity contribution in [3.63, 3.8) is 0 Å². The Labute approximate surface area is 113 Å². The Kier molecular flexibility index (Phi) is 4.64. The fourth-order valence-corrected chi connectivity index (χ4v) is 4.66. The molecule has 0 aliphatic carbocycles. The molecule has 2 heterocycles. The largest absolute Gasteiger partial charge is 0.409 e. The minimum atomic E-state index is -3.30. The van der Waals surface area contributed by atoms with Gasteiger partial charge in [0.05, 0.1) is 5.25 Å². The first kappa shape index (κ1) is 14.5. The molecule has 0 saturated carbocycles. The number of ether oxygens (including phenoxy) is 1. The zero-order valence-electron chi connectivity index (χ0n) is 10.9. The molecule has 8 heteroatoms. The summed E-state index contributed by atoms with van der Waals surface area (Å²) in [7, 11) is -3.30. The molecule has 1 atom stereocenters. The number of rotatable bonds is 3. The average Bonchev–Trinajstić information content (AvgIpc) is 2.47. The van der Waals surface area contributed by atoms with E-state index in [0.717, 1.165) is 12.8 Å². The van der Waals surface area contributed by atoms with Crippen molar-refractivity contribution in [2.24, 2.45) is 16.8 Å². The molecule has 3 N–H and O–H groups in total. The average molecular weight is 291 g/mol. The standard InChI is InChI=1S/C11H21N3O4S/c12-11(13-15)9-2-1-5-14(8-9)19(16,17)10-3-6-18-7-4-10/h9-10,15H,1-8H2,(H2,12,13). The Balaban J connectivity index is 2.07. The number of sulfonamides is 1. The molecule has 0 bridgehead atoms. The first-order chi connectivity index (χ1) is 9.05. The summed E-state index contributed by atoms with van der Waals surface area (Å²) in [5, 5.41) is 11.3. The van der Waals surface area contributed by atoms with Gasteiger partial charge in [-0.25, -0.2) is 12.7 Å². The summed E-state index contributed by atoms with van der Waals surface area (Å²) >= 11 is 0. The van der Waals surface area contributed by atoms with Gasteiger partial charge in [0, 0.05) is 32.2 Å². The lowest BCUT2D eigenvalue weighted by molar-refractivity contribution is 0.0968. The van der Waals surface area contributed by atoms with Gasteiger partial charge >= 0.3 is 0 Å². The molecule has 2 fully saturated rings. The first-order valence-electron chi connectivity index (χ1n) is 6.60. The van der Waals surface area contributed by atoms with Crippen molar-refractivity contribution < 1.29 is 18.4 Å². The summed E-state index contributed by atoms with van der Waals surface area (Å²) in [5.41, 5.74) is 5.59. The van der Waals surface area contributed by atoms with Crippen LogP contribution in [0.25, 0.3) is 0 Å². The highest BCUT2D eigenvalue weighted by molar-refractivity contribution is 7.89. The van der Waals surface area contributed by atoms with Gasteiger partial charge in [-0.2, -0.15) is 0 Å². The predicted octanol–water partition coefficient (Wildman–Crippen LogP) is -0.0464. The number of nitrogens with two attached hydrogens (primary N) is 1. The van der Waals surface area contributed by atoms with E-state index >= 15 is 0 Å². The van der Waals surface area contributed by atoms with Crippen molar-refractivity contribution in [3.05, 3.63) is 0 Å². The van der Waals surface area contributed by atoms with Gasteiger partial charge in [-0.1, -0.05) is 5.16 Å². The Bertz CT molecular complexity index is 431. The van der Waals surface area contributed by atoms with Crippen LogP contribution in [0, 0.1) is 5.92 Å². The van der Waals surface area contributed by atoms with Gasteiger partial charge in [0.2, 0.25) is 10.0 Å². The lowest BCUT2D eigenvalue weighted by Gasteiger charge is -2.34. The zero-order valence-corrected chi connectivity index (χ0v) is 11.7. The summed E-state index contributed by atoms with van der Waals surface area (Å²) < 4.78 is 31.7. The number of hydrogen-bond donors (Lipinski definition) is 2. The molecule has 2 aliphatic heterocycles. The maximum Gasteiger partial charge on any atom is 0.217 e. The van der Waals surface area contributed by atoms with Crippen LogP contribution in [0.15, 0.2) is 5.16 Å². The fraction of sp³-hybridized carbons (Fsp3) is 0.909. The van der Waals surface area contributed by atoms with Crippen molar-refractivity contribution in [1.29, 1.82) is 0 Å². The van der Waals surface area contributed by atoms with Crippen molar-refractivity contribution in [2.45, 2.75) is 30.9 Å². The van der Waals surface area contributed by atoms with E-state index in [9.17, 15) is 8.42 Å². The molecule has 0 aromatic rings. The van der Waals surface area contributed by atoms with Gasteiger partial charge in [-0.15, -0.1) is 0 Å². The second-order valence-electron chi connectivity index (χ2n) is 5.08. The van der Waals surface area contributed by atoms with E-state index in [1.165, 1.54) is 4.31 Å². The molecule has 2 saturated heterocycles. The molecular formula is C11H21N3O4S. The molecule has 0 amide bonds. The third kappa shape index (κ3) is 3.18. The maximum atomic E-state index is 12.5. The summed E-state index contributed by atoms with van der Waals surface area (Å²) in [6.07, 6.45) is 2.60. The lowest BCUT2D eigenvalue weighted by atomic mass is 9.99. The van der Waals surface area contributed by atoms with Crippen LogP contribution in [-0.2, 0) is 14.8 Å². The van der Waals surface area contributed by atoms with Gasteiger partial charge in [-0.3, -0.25) is 0 Å². The number of piperidine rings is 1. The maximum absolute atomic E-state index is 12.5. The smallest absolute Gasteiger partial charge is 0.217 e. The van der Waals surface area contributed by atoms with Crippen molar-refractivity contribution >= 4 is 15.9 Å². The quantitative estimate of drug-likeness (QED) is 0.328. The molecule has 2 rings (SSSR count). The third-order valence-corrected chi connectivity index (χ3v) is 6.23. The summed E-state index contributed by atoms with van der Waals surface area (Å²) in [6, 6.07) is 0. The van der Waals surface area contributed by atoms with Crippen LogP contribution in [0.4, 0.5) is 0 Å². The SMILES string of the molecule is NC(=NO)C1CCCN(S(=O)(=O)C2CCOCC2)C1. The van der Waals surface area contributed by atoms with Crippen LogP contribution in [0.2, 0.25) is 0 Å². The molecule has 1 unspecified atom stereocenters. The Morgan fingerprint density at radius 2 is 2.00 bits per heavy atom. The minimum Gasteiger partial charge on any atom is -0.409 e. The van der Waals surface area contributed by atoms with Gasteiger partial charge in [0.1, 0.15) is 5.84 Å². The Morgan fingerprint density at radius 3 is 2.63 bits per heavy atom. The lowest BCUT2D eigenvalue weighted by Crippen LogP contribution is -2.48. The third-order valence-electron chi connectivity index (χ3n) is 3.87. The number of nitrogens with zero attached hydrogens (tertiary/aromatic N) is 2. The minimum absolute atomic E-state index is 0.117. The van der Waals surface area contributed by atoms with E-state index in [1.807, 2.05) is 0 Å². The predicted molar refractivity (Wildman–Crippen MR) is 70.5 cm³/mol. The highest BCUT2D eigenvalue weighted by Crippen LogP contribution is 2.25. The van der Waals surface area contributed by atoms with E-state index in [4.69, 9.17) is 15.7 Å². The highest BCUT2D eigenvalue weighted by Gasteiger charge is 2.36. The fourth-order valence-electron chi connectivity index (χ4n) is 2.68. The topological polar surface area (TPSA) is 105 Å². The Morgan fingerprint density at radius 1 is 1.32 bits per heavy atom. The van der Waals surface area contributed by atoms with Crippen LogP contribution in [0.5, 0.6) is 0 Å². The van der Waals surface area contributed by atoms with Crippen LogP contribution < -0.4 is 5.73 Å². The van der Waals surface area contributed by atoms with E-state index in [2.05, 4.69) is 5.16 Å². The molecule has 0 radical (unpaired) electrons. The van der Waals surface area contributed by atoms with Gasteiger partial charge in [-0.05, 0) is 25.7 Å². The monoisotopic (exact) mass is 291 g/mol. The molecule has 0 aromatic carbocycles. The molecule has 2 aliphatic rings. The Hall–Kier alpha value is -0.860. The molecule has 0 spiro atoms. The number of amidine groups is 1. The molecule has 19 heavy (non-hydrogen) atoms. The van der Waals surface area contributed by atoms with Crippen molar-refractivity contribution in [3.8, 4) is 0 Å².